The second kappa shape index (κ2) is 7.12. The first-order valence-corrected chi connectivity index (χ1v) is 10.3. The van der Waals surface area contributed by atoms with Crippen molar-refractivity contribution in [3.63, 3.8) is 0 Å². The zero-order valence-corrected chi connectivity index (χ0v) is 17.3. The maximum absolute atomic E-state index is 13.1. The zero-order valence-electron chi connectivity index (χ0n) is 17.3. The van der Waals surface area contributed by atoms with E-state index in [4.69, 9.17) is 14.0 Å². The van der Waals surface area contributed by atoms with Crippen LogP contribution in [0, 0.1) is 6.92 Å². The average Bonchev–Trinajstić information content (AvgIpc) is 3.61. The summed E-state index contributed by atoms with van der Waals surface area (Å²) >= 11 is 0. The highest BCUT2D eigenvalue weighted by Gasteiger charge is 2.33. The van der Waals surface area contributed by atoms with Crippen LogP contribution in [-0.4, -0.2) is 30.3 Å². The third kappa shape index (κ3) is 2.96. The number of aryl methyl sites for hydroxylation is 1. The largest absolute Gasteiger partial charge is 0.461 e. The number of hydrogen-bond acceptors (Lipinski definition) is 5. The lowest BCUT2D eigenvalue weighted by molar-refractivity contribution is 0.0738. The Hall–Kier alpha value is -4.33. The fourth-order valence-electron chi connectivity index (χ4n) is 4.03. The molecule has 0 N–H and O–H groups in total. The van der Waals surface area contributed by atoms with Crippen LogP contribution in [0.4, 0.5) is 0 Å². The molecule has 0 atom stereocenters. The summed E-state index contributed by atoms with van der Waals surface area (Å²) < 4.78 is 14.6. The van der Waals surface area contributed by atoms with Gasteiger partial charge in [-0.25, -0.2) is 4.68 Å². The molecule has 0 aliphatic carbocycles. The molecule has 1 aromatic carbocycles. The van der Waals surface area contributed by atoms with Crippen LogP contribution in [0.15, 0.2) is 82.2 Å². The normalized spacial score (nSPS) is 13.0. The fraction of sp³-hybridized carbons (Fsp3) is 0.125. The Kier molecular flexibility index (Phi) is 4.10. The Labute approximate surface area is 183 Å². The number of fused-ring (bicyclic) bond motifs is 1. The number of carbonyl (C=O) groups is 1. The number of nitrogens with zero attached hydrogens (tertiary/aromatic N) is 5. The van der Waals surface area contributed by atoms with Gasteiger partial charge in [0.2, 0.25) is 5.76 Å². The lowest BCUT2D eigenvalue weighted by atomic mass is 10.2. The number of aromatic nitrogens is 4. The van der Waals surface area contributed by atoms with E-state index in [1.807, 2.05) is 33.8 Å². The molecule has 5 aromatic rings. The highest BCUT2D eigenvalue weighted by molar-refractivity contribution is 5.93. The summed E-state index contributed by atoms with van der Waals surface area (Å²) in [5.74, 6) is 1.68. The maximum Gasteiger partial charge on any atom is 0.276 e. The molecule has 8 heteroatoms. The Balaban J connectivity index is 1.33. The van der Waals surface area contributed by atoms with Crippen molar-refractivity contribution in [3.8, 4) is 23.0 Å². The molecule has 0 saturated carbocycles. The zero-order chi connectivity index (χ0) is 21.7. The second-order valence-electron chi connectivity index (χ2n) is 7.80. The smallest absolute Gasteiger partial charge is 0.276 e. The molecule has 1 amide bonds. The highest BCUT2D eigenvalue weighted by atomic mass is 16.5. The molecule has 6 rings (SSSR count). The Bertz CT molecular complexity index is 1390. The van der Waals surface area contributed by atoms with Gasteiger partial charge in [0.15, 0.2) is 11.5 Å². The minimum Gasteiger partial charge on any atom is -0.461 e. The van der Waals surface area contributed by atoms with Crippen LogP contribution in [0.5, 0.6) is 0 Å². The molecule has 0 saturated heterocycles. The van der Waals surface area contributed by atoms with Gasteiger partial charge in [-0.2, -0.15) is 5.10 Å². The van der Waals surface area contributed by atoms with Crippen molar-refractivity contribution >= 4 is 5.91 Å². The van der Waals surface area contributed by atoms with Crippen molar-refractivity contribution in [2.45, 2.75) is 20.0 Å². The first kappa shape index (κ1) is 18.4. The molecule has 1 aliphatic rings. The van der Waals surface area contributed by atoms with E-state index < -0.39 is 0 Å². The third-order valence-corrected chi connectivity index (χ3v) is 5.64. The molecule has 158 valence electrons. The van der Waals surface area contributed by atoms with Gasteiger partial charge in [-0.05, 0) is 43.3 Å². The first-order chi connectivity index (χ1) is 15.7. The molecule has 0 radical (unpaired) electrons. The minimum absolute atomic E-state index is 0.204. The van der Waals surface area contributed by atoms with Gasteiger partial charge >= 0.3 is 0 Å². The predicted molar refractivity (Wildman–Crippen MR) is 115 cm³/mol. The van der Waals surface area contributed by atoms with Crippen LogP contribution < -0.4 is 0 Å². The topological polar surface area (TPSA) is 82.2 Å². The number of rotatable bonds is 4. The van der Waals surface area contributed by atoms with E-state index in [0.717, 1.165) is 22.8 Å². The summed E-state index contributed by atoms with van der Waals surface area (Å²) in [5.41, 5.74) is 4.30. The third-order valence-electron chi connectivity index (χ3n) is 5.64. The molecule has 4 aromatic heterocycles. The Morgan fingerprint density at radius 1 is 1.00 bits per heavy atom. The van der Waals surface area contributed by atoms with Crippen LogP contribution in [-0.2, 0) is 13.1 Å². The molecule has 8 nitrogen and oxygen atoms in total. The molecule has 1 aliphatic heterocycles. The fourth-order valence-corrected chi connectivity index (χ4v) is 4.03. The Morgan fingerprint density at radius 3 is 2.56 bits per heavy atom. The average molecular weight is 425 g/mol. The van der Waals surface area contributed by atoms with Crippen molar-refractivity contribution in [1.82, 2.24) is 24.4 Å². The number of benzene rings is 1. The molecule has 0 unspecified atom stereocenters. The molecular weight excluding hydrogens is 406 g/mol. The Morgan fingerprint density at radius 2 is 1.81 bits per heavy atom. The van der Waals surface area contributed by atoms with E-state index in [1.165, 1.54) is 5.56 Å². The summed E-state index contributed by atoms with van der Waals surface area (Å²) in [7, 11) is 0. The van der Waals surface area contributed by atoms with Crippen molar-refractivity contribution in [2.24, 2.45) is 0 Å². The molecule has 32 heavy (non-hydrogen) atoms. The number of hydrogen-bond donors (Lipinski definition) is 0. The maximum atomic E-state index is 13.1. The van der Waals surface area contributed by atoms with Crippen LogP contribution in [0.1, 0.15) is 27.3 Å². The van der Waals surface area contributed by atoms with E-state index in [2.05, 4.69) is 36.3 Å². The number of furan rings is 1. The number of amides is 1. The molecule has 0 bridgehead atoms. The SMILES string of the molecule is Cc1ccc(-n2nc3c(c2-n2cccc2)CN(C(=O)c2cc(-c4ccco4)on2)C3)cc1. The van der Waals surface area contributed by atoms with Crippen molar-refractivity contribution in [2.75, 3.05) is 0 Å². The van der Waals surface area contributed by atoms with E-state index in [0.29, 0.717) is 24.6 Å². The lowest BCUT2D eigenvalue weighted by Gasteiger charge is -2.16. The minimum atomic E-state index is -0.204. The van der Waals surface area contributed by atoms with Crippen molar-refractivity contribution < 1.29 is 13.7 Å². The van der Waals surface area contributed by atoms with Gasteiger partial charge in [0, 0.05) is 24.0 Å². The number of carbonyl (C=O) groups excluding carboxylic acids is 1. The van der Waals surface area contributed by atoms with Crippen LogP contribution >= 0.6 is 0 Å². The molecule has 0 spiro atoms. The van der Waals surface area contributed by atoms with Crippen LogP contribution in [0.3, 0.4) is 0 Å². The van der Waals surface area contributed by atoms with Gasteiger partial charge in [-0.1, -0.05) is 22.9 Å². The van der Waals surface area contributed by atoms with Gasteiger partial charge in [-0.3, -0.25) is 4.79 Å². The van der Waals surface area contributed by atoms with Crippen LogP contribution in [0.2, 0.25) is 0 Å². The quantitative estimate of drug-likeness (QED) is 0.427. The van der Waals surface area contributed by atoms with E-state index in [9.17, 15) is 4.79 Å². The highest BCUT2D eigenvalue weighted by Crippen LogP contribution is 2.32. The van der Waals surface area contributed by atoms with E-state index in [1.54, 1.807) is 29.4 Å². The summed E-state index contributed by atoms with van der Waals surface area (Å²) in [6.45, 7) is 2.91. The van der Waals surface area contributed by atoms with Crippen molar-refractivity contribution in [1.29, 1.82) is 0 Å². The van der Waals surface area contributed by atoms with Crippen molar-refractivity contribution in [3.05, 3.63) is 95.8 Å². The monoisotopic (exact) mass is 425 g/mol. The van der Waals surface area contributed by atoms with Gasteiger partial charge in [0.05, 0.1) is 30.7 Å². The van der Waals surface area contributed by atoms with E-state index >= 15 is 0 Å². The van der Waals surface area contributed by atoms with Crippen LogP contribution in [0.25, 0.3) is 23.0 Å². The van der Waals surface area contributed by atoms with Gasteiger partial charge in [0.1, 0.15) is 5.82 Å². The summed E-state index contributed by atoms with van der Waals surface area (Å²) in [4.78, 5) is 14.8. The molecular formula is C24H19N5O3. The molecule has 0 fully saturated rings. The summed E-state index contributed by atoms with van der Waals surface area (Å²) in [6, 6.07) is 17.3. The first-order valence-electron chi connectivity index (χ1n) is 10.3. The van der Waals surface area contributed by atoms with Gasteiger partial charge in [0.25, 0.3) is 5.91 Å². The predicted octanol–water partition coefficient (Wildman–Crippen LogP) is 4.38. The summed E-state index contributed by atoms with van der Waals surface area (Å²) in [5, 5.41) is 8.81. The van der Waals surface area contributed by atoms with E-state index in [-0.39, 0.29) is 11.6 Å². The molecule has 5 heterocycles. The van der Waals surface area contributed by atoms with Gasteiger partial charge in [-0.15, -0.1) is 0 Å². The van der Waals surface area contributed by atoms with Gasteiger partial charge < -0.3 is 18.4 Å². The standard InChI is InChI=1S/C24H19N5O3/c1-16-6-8-17(9-7-16)29-23(27-10-2-3-11-27)18-14-28(15-20(18)25-29)24(30)19-13-22(32-26-19)21-5-4-12-31-21/h2-13H,14-15H2,1H3. The lowest BCUT2D eigenvalue weighted by Crippen LogP contribution is -2.26. The second-order valence-corrected chi connectivity index (χ2v) is 7.80. The summed E-state index contributed by atoms with van der Waals surface area (Å²) in [6.07, 6.45) is 5.52.